The predicted octanol–water partition coefficient (Wildman–Crippen LogP) is 11.7. The minimum Gasteiger partial charge on any atom is -0.867 e. The fraction of sp³-hybridized carbons (Fsp3) is 0.0417. The summed E-state index contributed by atoms with van der Waals surface area (Å²) >= 11 is 3.29. The van der Waals surface area contributed by atoms with Crippen molar-refractivity contribution in [2.75, 3.05) is 14.2 Å². The third kappa shape index (κ3) is 11.0. The van der Waals surface area contributed by atoms with E-state index < -0.39 is 7.40 Å². The van der Waals surface area contributed by atoms with Gasteiger partial charge in [0.05, 0.1) is 37.5 Å². The van der Waals surface area contributed by atoms with Crippen LogP contribution < -0.4 is 19.5 Å². The van der Waals surface area contributed by atoms with E-state index in [9.17, 15) is 4.32 Å². The minimum atomic E-state index is -3.17. The van der Waals surface area contributed by atoms with Crippen LogP contribution in [0.5, 0.6) is 10.1 Å². The zero-order valence-corrected chi connectivity index (χ0v) is 32.5. The second-order valence-corrected chi connectivity index (χ2v) is 14.5. The van der Waals surface area contributed by atoms with Crippen LogP contribution in [0.25, 0.3) is 68.1 Å². The molecule has 0 aliphatic carbocycles. The number of hydrogen-bond donors (Lipinski definition) is 0. The van der Waals surface area contributed by atoms with Crippen LogP contribution >= 0.6 is 22.7 Å². The zero-order chi connectivity index (χ0) is 39.1. The normalized spacial score (nSPS) is 10.8. The van der Waals surface area contributed by atoms with Gasteiger partial charge in [-0.1, -0.05) is 133 Å². The summed E-state index contributed by atoms with van der Waals surface area (Å²) in [6, 6.07) is 59.2. The first-order valence-electron chi connectivity index (χ1n) is 17.8. The molecule has 276 valence electrons. The number of hydrogen-bond acceptors (Lipinski definition) is 6. The number of rotatable bonds is 8. The number of methoxy groups -OCH3 is 2. The fourth-order valence-electron chi connectivity index (χ4n) is 6.11. The number of benzene rings is 6. The number of fused-ring (bicyclic) bond motifs is 2. The predicted molar refractivity (Wildman–Crippen MR) is 234 cm³/mol. The van der Waals surface area contributed by atoms with Crippen molar-refractivity contribution >= 4 is 75.9 Å². The Balaban J connectivity index is 0.000000174. The highest BCUT2D eigenvalue weighted by Gasteiger charge is 2.16. The highest BCUT2D eigenvalue weighted by atomic mass is 32.1. The SMILES string of the molecule is CO[c+]1cc(-c2cccc3ccccc23)cc(C=Cc2ccccc2)s1.CO[c+]1cc(-c2cccc3ccccc23)cc(C=Cc2ccccc2)s1.[O-]B([O-])F. The van der Waals surface area contributed by atoms with E-state index in [1.807, 2.05) is 12.1 Å². The number of ether oxygens (including phenoxy) is 2. The Kier molecular flexibility index (Phi) is 14.2. The Morgan fingerprint density at radius 3 is 1.25 bits per heavy atom. The molecule has 0 atom stereocenters. The highest BCUT2D eigenvalue weighted by molar-refractivity contribution is 7.14. The summed E-state index contributed by atoms with van der Waals surface area (Å²) in [6.07, 6.45) is 8.57. The molecule has 8 rings (SSSR count). The molecule has 0 amide bonds. The standard InChI is InChI=1S/2C24H19OS.BFO2/c2*1-25-24-17-20(23-13-7-11-19-10-5-6-12-22(19)23)16-21(26-24)15-14-18-8-3-2-4-9-18;2-1(3)4/h2*2-17H,1H3;/q2*+1;-2. The molecular weight excluding hydrogens is 734 g/mol. The topological polar surface area (TPSA) is 64.6 Å². The molecule has 0 spiro atoms. The second kappa shape index (κ2) is 20.1. The van der Waals surface area contributed by atoms with Crippen molar-refractivity contribution in [3.8, 4) is 32.4 Å². The zero-order valence-electron chi connectivity index (χ0n) is 30.9. The molecule has 4 nitrogen and oxygen atoms in total. The molecule has 8 heteroatoms. The van der Waals surface area contributed by atoms with Crippen molar-refractivity contribution in [3.63, 3.8) is 0 Å². The lowest BCUT2D eigenvalue weighted by molar-refractivity contribution is -0.366. The van der Waals surface area contributed by atoms with Gasteiger partial charge < -0.3 is 23.8 Å². The molecule has 0 aliphatic rings. The summed E-state index contributed by atoms with van der Waals surface area (Å²) < 4.78 is 21.0. The van der Waals surface area contributed by atoms with Crippen LogP contribution in [-0.2, 0) is 0 Å². The van der Waals surface area contributed by atoms with E-state index in [2.05, 4.69) is 182 Å². The van der Waals surface area contributed by atoms with E-state index in [0.29, 0.717) is 0 Å². The molecule has 0 unspecified atom stereocenters. The van der Waals surface area contributed by atoms with Crippen LogP contribution in [0.2, 0.25) is 0 Å². The average molecular weight is 773 g/mol. The Morgan fingerprint density at radius 1 is 0.500 bits per heavy atom. The van der Waals surface area contributed by atoms with Crippen molar-refractivity contribution in [2.45, 2.75) is 0 Å². The molecule has 6 aromatic carbocycles. The molecule has 0 aliphatic heterocycles. The molecule has 56 heavy (non-hydrogen) atoms. The van der Waals surface area contributed by atoms with Gasteiger partial charge >= 0.3 is 0 Å². The van der Waals surface area contributed by atoms with Crippen LogP contribution in [0.15, 0.2) is 170 Å². The first kappa shape index (κ1) is 39.7. The average Bonchev–Trinajstić information content (AvgIpc) is 3.25. The molecule has 0 N–H and O–H groups in total. The van der Waals surface area contributed by atoms with Gasteiger partial charge in [-0.3, -0.25) is 0 Å². The van der Waals surface area contributed by atoms with Crippen molar-refractivity contribution in [1.82, 2.24) is 0 Å². The van der Waals surface area contributed by atoms with Crippen molar-refractivity contribution in [3.05, 3.63) is 191 Å². The quantitative estimate of drug-likeness (QED) is 0.114. The molecule has 8 aromatic rings. The molecule has 0 fully saturated rings. The lowest BCUT2D eigenvalue weighted by atomic mass is 9.99. The van der Waals surface area contributed by atoms with Crippen molar-refractivity contribution in [1.29, 1.82) is 0 Å². The van der Waals surface area contributed by atoms with Gasteiger partial charge in [-0.15, -0.1) is 0 Å². The maximum atomic E-state index is 9.89. The summed E-state index contributed by atoms with van der Waals surface area (Å²) in [4.78, 5) is 2.33. The Hall–Kier alpha value is -6.03. The van der Waals surface area contributed by atoms with Gasteiger partial charge in [0.15, 0.2) is 0 Å². The largest absolute Gasteiger partial charge is 0.867 e. The maximum absolute atomic E-state index is 9.89. The molecule has 0 saturated heterocycles. The first-order valence-corrected chi connectivity index (χ1v) is 19.5. The van der Waals surface area contributed by atoms with Crippen molar-refractivity contribution < 1.29 is 23.8 Å². The van der Waals surface area contributed by atoms with E-state index in [0.717, 1.165) is 19.9 Å². The molecule has 0 bridgehead atoms. The highest BCUT2D eigenvalue weighted by Crippen LogP contribution is 2.36. The lowest BCUT2D eigenvalue weighted by Gasteiger charge is -2.09. The molecule has 2 heterocycles. The minimum absolute atomic E-state index is 0.906. The van der Waals surface area contributed by atoms with Crippen molar-refractivity contribution in [2.24, 2.45) is 0 Å². The fourth-order valence-corrected chi connectivity index (χ4v) is 7.76. The van der Waals surface area contributed by atoms with Gasteiger partial charge in [0.2, 0.25) is 0 Å². The van der Waals surface area contributed by atoms with Crippen LogP contribution in [0.1, 0.15) is 20.9 Å². The van der Waals surface area contributed by atoms with Gasteiger partial charge in [-0.25, -0.2) is 0 Å². The van der Waals surface area contributed by atoms with Crippen LogP contribution in [-0.4, -0.2) is 21.6 Å². The summed E-state index contributed by atoms with van der Waals surface area (Å²) in [6.45, 7) is 0. The summed E-state index contributed by atoms with van der Waals surface area (Å²) in [5, 5.41) is 23.4. The van der Waals surface area contributed by atoms with Gasteiger partial charge in [-0.05, 0) is 46.2 Å². The first-order chi connectivity index (χ1) is 27.4. The van der Waals surface area contributed by atoms with Crippen LogP contribution in [0, 0.1) is 0 Å². The number of halogens is 1. The van der Waals surface area contributed by atoms with Crippen LogP contribution in [0.4, 0.5) is 4.32 Å². The monoisotopic (exact) mass is 772 g/mol. The molecule has 2 aromatic heterocycles. The van der Waals surface area contributed by atoms with Gasteiger partial charge in [-0.2, -0.15) is 0 Å². The summed E-state index contributed by atoms with van der Waals surface area (Å²) in [5.74, 6) is 0. The Morgan fingerprint density at radius 2 is 0.857 bits per heavy atom. The summed E-state index contributed by atoms with van der Waals surface area (Å²) in [5.41, 5.74) is 7.17. The Bertz CT molecular complexity index is 2370. The van der Waals surface area contributed by atoms with Gasteiger partial charge in [0, 0.05) is 56.7 Å². The lowest BCUT2D eigenvalue weighted by Crippen LogP contribution is -2.39. The Labute approximate surface area is 335 Å². The summed E-state index contributed by atoms with van der Waals surface area (Å²) in [7, 11) is 0.285. The van der Waals surface area contributed by atoms with Gasteiger partial charge in [0.25, 0.3) is 10.1 Å². The third-order valence-corrected chi connectivity index (χ3v) is 10.6. The molecular formula is C48H38BFO4S2. The van der Waals surface area contributed by atoms with E-state index in [-0.39, 0.29) is 0 Å². The smallest absolute Gasteiger partial charge is 0.281 e. The van der Waals surface area contributed by atoms with E-state index in [1.54, 1.807) is 36.9 Å². The van der Waals surface area contributed by atoms with E-state index in [1.165, 1.54) is 54.9 Å². The maximum Gasteiger partial charge on any atom is 0.281 e. The van der Waals surface area contributed by atoms with Crippen LogP contribution in [0.3, 0.4) is 0 Å². The van der Waals surface area contributed by atoms with E-state index >= 15 is 0 Å². The van der Waals surface area contributed by atoms with Gasteiger partial charge in [0.1, 0.15) is 29.3 Å². The van der Waals surface area contributed by atoms with E-state index in [4.69, 9.17) is 19.5 Å². The third-order valence-electron chi connectivity index (χ3n) is 8.66. The molecule has 0 radical (unpaired) electrons. The molecule has 0 saturated carbocycles. The second-order valence-electron chi connectivity index (χ2n) is 12.4.